The molecule has 154 valence electrons. The minimum absolute atomic E-state index is 0.244. The number of benzene rings is 1. The molecule has 2 amide bonds. The van der Waals surface area contributed by atoms with Gasteiger partial charge in [0.15, 0.2) is 5.96 Å². The maximum Gasteiger partial charge on any atom is 0.280 e. The summed E-state index contributed by atoms with van der Waals surface area (Å²) in [6, 6.07) is 6.71. The molecule has 2 rings (SSSR count). The van der Waals surface area contributed by atoms with E-state index in [9.17, 15) is 9.59 Å². The van der Waals surface area contributed by atoms with Crippen LogP contribution in [0.5, 0.6) is 0 Å². The van der Waals surface area contributed by atoms with Crippen LogP contribution < -0.4 is 16.8 Å². The molecule has 0 bridgehead atoms. The molecule has 0 saturated heterocycles. The number of aliphatic imine (C=N–C) groups is 1. The number of likely N-dealkylation sites (N-methyl/N-ethyl adjacent to an activating group) is 1. The highest BCUT2D eigenvalue weighted by atomic mass is 35.5. The SMILES string of the molecule is CN(C)CCNC(=O)C=Cc1cc(C(=O)N=C(N)N)cc(-c2cc(Cl)sc2Cl)c1. The number of amides is 2. The Morgan fingerprint density at radius 2 is 1.93 bits per heavy atom. The van der Waals surface area contributed by atoms with Gasteiger partial charge < -0.3 is 21.7 Å². The molecule has 5 N–H and O–H groups in total. The lowest BCUT2D eigenvalue weighted by Gasteiger charge is -2.09. The monoisotopic (exact) mass is 453 g/mol. The van der Waals surface area contributed by atoms with E-state index >= 15 is 0 Å². The number of guanidine groups is 1. The summed E-state index contributed by atoms with van der Waals surface area (Å²) in [6.07, 6.45) is 2.99. The van der Waals surface area contributed by atoms with Crippen LogP contribution in [-0.2, 0) is 4.79 Å². The standard InChI is InChI=1S/C19H21Cl2N5O2S/c1-26(2)6-5-24-16(27)4-3-11-7-12(14-10-15(20)29-17(14)21)9-13(8-11)18(28)25-19(22)23/h3-4,7-10H,5-6H2,1-2H3,(H,24,27)(H4,22,23,25,28). The largest absolute Gasteiger partial charge is 0.370 e. The number of rotatable bonds is 7. The van der Waals surface area contributed by atoms with Crippen molar-refractivity contribution < 1.29 is 9.59 Å². The van der Waals surface area contributed by atoms with E-state index in [1.165, 1.54) is 17.4 Å². The molecule has 0 radical (unpaired) electrons. The first kappa shape index (κ1) is 22.9. The molecule has 1 aromatic carbocycles. The van der Waals surface area contributed by atoms with Crippen molar-refractivity contribution in [3.05, 3.63) is 50.1 Å². The van der Waals surface area contributed by atoms with Crippen LogP contribution in [0, 0.1) is 0 Å². The quantitative estimate of drug-likeness (QED) is 0.338. The Morgan fingerprint density at radius 3 is 2.52 bits per heavy atom. The predicted molar refractivity (Wildman–Crippen MR) is 121 cm³/mol. The first-order chi connectivity index (χ1) is 13.7. The van der Waals surface area contributed by atoms with Crippen LogP contribution in [0.1, 0.15) is 15.9 Å². The maximum absolute atomic E-state index is 12.3. The second kappa shape index (κ2) is 10.4. The lowest BCUT2D eigenvalue weighted by molar-refractivity contribution is -0.116. The Labute approximate surface area is 183 Å². The van der Waals surface area contributed by atoms with E-state index < -0.39 is 5.91 Å². The van der Waals surface area contributed by atoms with Gasteiger partial charge in [-0.3, -0.25) is 9.59 Å². The number of carbonyl (C=O) groups excluding carboxylic acids is 2. The van der Waals surface area contributed by atoms with E-state index in [0.717, 1.165) is 6.54 Å². The number of thiophene rings is 1. The zero-order chi connectivity index (χ0) is 21.6. The average molecular weight is 454 g/mol. The summed E-state index contributed by atoms with van der Waals surface area (Å²) in [5, 5.41) is 2.78. The number of nitrogens with zero attached hydrogens (tertiary/aromatic N) is 2. The second-order valence-corrected chi connectivity index (χ2v) is 8.64. The van der Waals surface area contributed by atoms with Gasteiger partial charge in [0.2, 0.25) is 5.91 Å². The average Bonchev–Trinajstić information content (AvgIpc) is 2.97. The number of carbonyl (C=O) groups is 2. The fraction of sp³-hybridized carbons (Fsp3) is 0.211. The van der Waals surface area contributed by atoms with Gasteiger partial charge >= 0.3 is 0 Å². The van der Waals surface area contributed by atoms with Gasteiger partial charge in [0.25, 0.3) is 5.91 Å². The van der Waals surface area contributed by atoms with Crippen molar-refractivity contribution in [2.75, 3.05) is 27.2 Å². The molecule has 10 heteroatoms. The molecule has 1 heterocycles. The van der Waals surface area contributed by atoms with Gasteiger partial charge in [-0.15, -0.1) is 11.3 Å². The lowest BCUT2D eigenvalue weighted by atomic mass is 10.0. The molecule has 29 heavy (non-hydrogen) atoms. The molecule has 0 aliphatic rings. The zero-order valence-corrected chi connectivity index (χ0v) is 18.2. The van der Waals surface area contributed by atoms with E-state index in [0.29, 0.717) is 31.9 Å². The van der Waals surface area contributed by atoms with Crippen LogP contribution in [0.4, 0.5) is 0 Å². The summed E-state index contributed by atoms with van der Waals surface area (Å²) in [7, 11) is 3.84. The number of nitrogens with one attached hydrogen (secondary N) is 1. The van der Waals surface area contributed by atoms with Crippen LogP contribution in [0.25, 0.3) is 17.2 Å². The molecule has 0 aliphatic heterocycles. The van der Waals surface area contributed by atoms with Crippen molar-refractivity contribution in [1.82, 2.24) is 10.2 Å². The van der Waals surface area contributed by atoms with E-state index in [1.54, 1.807) is 30.3 Å². The number of nitrogens with two attached hydrogens (primary N) is 2. The third kappa shape index (κ3) is 7.17. The smallest absolute Gasteiger partial charge is 0.280 e. The van der Waals surface area contributed by atoms with E-state index in [1.807, 2.05) is 19.0 Å². The molecule has 0 fully saturated rings. The molecule has 0 aliphatic carbocycles. The van der Waals surface area contributed by atoms with E-state index in [-0.39, 0.29) is 17.4 Å². The first-order valence-corrected chi connectivity index (χ1v) is 10.1. The Kier molecular flexibility index (Phi) is 8.21. The van der Waals surface area contributed by atoms with Crippen molar-refractivity contribution >= 4 is 58.4 Å². The Balaban J connectivity index is 2.35. The summed E-state index contributed by atoms with van der Waals surface area (Å²) < 4.78 is 1.00. The molecule has 7 nitrogen and oxygen atoms in total. The fourth-order valence-corrected chi connectivity index (χ4v) is 3.89. The van der Waals surface area contributed by atoms with Gasteiger partial charge in [-0.05, 0) is 55.6 Å². The molecule has 0 saturated carbocycles. The highest BCUT2D eigenvalue weighted by Gasteiger charge is 2.13. The van der Waals surface area contributed by atoms with Crippen molar-refractivity contribution in [2.45, 2.75) is 0 Å². The lowest BCUT2D eigenvalue weighted by Crippen LogP contribution is -2.30. The highest BCUT2D eigenvalue weighted by molar-refractivity contribution is 7.20. The second-order valence-electron chi connectivity index (χ2n) is 6.35. The highest BCUT2D eigenvalue weighted by Crippen LogP contribution is 2.38. The summed E-state index contributed by atoms with van der Waals surface area (Å²) in [5.74, 6) is -1.19. The molecular weight excluding hydrogens is 433 g/mol. The topological polar surface area (TPSA) is 114 Å². The van der Waals surface area contributed by atoms with Crippen LogP contribution in [0.15, 0.2) is 35.3 Å². The maximum atomic E-state index is 12.3. The van der Waals surface area contributed by atoms with Crippen molar-refractivity contribution in [2.24, 2.45) is 16.5 Å². The third-order valence-electron chi connectivity index (χ3n) is 3.69. The fourth-order valence-electron chi connectivity index (χ4n) is 2.38. The van der Waals surface area contributed by atoms with Gasteiger partial charge in [0.1, 0.15) is 4.34 Å². The third-order valence-corrected chi connectivity index (χ3v) is 5.17. The predicted octanol–water partition coefficient (Wildman–Crippen LogP) is 2.83. The molecule has 1 aromatic heterocycles. The normalized spacial score (nSPS) is 11.1. The molecule has 0 spiro atoms. The van der Waals surface area contributed by atoms with Gasteiger partial charge in [-0.1, -0.05) is 23.2 Å². The summed E-state index contributed by atoms with van der Waals surface area (Å²) in [5.41, 5.74) is 12.8. The van der Waals surface area contributed by atoms with E-state index in [4.69, 9.17) is 34.7 Å². The minimum Gasteiger partial charge on any atom is -0.370 e. The van der Waals surface area contributed by atoms with Gasteiger partial charge in [0, 0.05) is 30.3 Å². The zero-order valence-electron chi connectivity index (χ0n) is 15.9. The van der Waals surface area contributed by atoms with Gasteiger partial charge in [-0.25, -0.2) is 0 Å². The first-order valence-electron chi connectivity index (χ1n) is 8.50. The summed E-state index contributed by atoms with van der Waals surface area (Å²) in [4.78, 5) is 29.8. The summed E-state index contributed by atoms with van der Waals surface area (Å²) in [6.45, 7) is 1.25. The molecule has 2 aromatic rings. The number of hydrogen-bond donors (Lipinski definition) is 3. The Hall–Kier alpha value is -2.39. The molecular formula is C19H21Cl2N5O2S. The Bertz CT molecular complexity index is 966. The van der Waals surface area contributed by atoms with Crippen molar-refractivity contribution in [3.63, 3.8) is 0 Å². The van der Waals surface area contributed by atoms with Gasteiger partial charge in [-0.2, -0.15) is 4.99 Å². The van der Waals surface area contributed by atoms with Crippen molar-refractivity contribution in [3.8, 4) is 11.1 Å². The van der Waals surface area contributed by atoms with Crippen molar-refractivity contribution in [1.29, 1.82) is 0 Å². The van der Waals surface area contributed by atoms with Gasteiger partial charge in [0.05, 0.1) is 4.34 Å². The van der Waals surface area contributed by atoms with Crippen LogP contribution in [-0.4, -0.2) is 49.9 Å². The van der Waals surface area contributed by atoms with E-state index in [2.05, 4.69) is 10.3 Å². The van der Waals surface area contributed by atoms with Crippen LogP contribution >= 0.6 is 34.5 Å². The Morgan fingerprint density at radius 1 is 1.21 bits per heavy atom. The molecule has 0 atom stereocenters. The van der Waals surface area contributed by atoms with Crippen LogP contribution in [0.2, 0.25) is 8.67 Å². The minimum atomic E-state index is -0.602. The van der Waals surface area contributed by atoms with Crippen LogP contribution in [0.3, 0.4) is 0 Å². The molecule has 0 unspecified atom stereocenters. The number of hydrogen-bond acceptors (Lipinski definition) is 4. The summed E-state index contributed by atoms with van der Waals surface area (Å²) >= 11 is 13.5. The number of halogens is 2.